The van der Waals surface area contributed by atoms with Crippen LogP contribution in [0.1, 0.15) is 27.6 Å². The Morgan fingerprint density at radius 2 is 1.41 bits per heavy atom. The number of carbonyl (C=O) groups excluding carboxylic acids is 4. The summed E-state index contributed by atoms with van der Waals surface area (Å²) >= 11 is 0. The van der Waals surface area contributed by atoms with E-state index in [0.717, 1.165) is 6.08 Å². The molecule has 0 unspecified atom stereocenters. The Morgan fingerprint density at radius 3 is 2.03 bits per heavy atom. The minimum atomic E-state index is -0.527. The van der Waals surface area contributed by atoms with E-state index >= 15 is 0 Å². The lowest BCUT2D eigenvalue weighted by Gasteiger charge is -2.07. The van der Waals surface area contributed by atoms with Crippen molar-refractivity contribution < 1.29 is 28.7 Å². The van der Waals surface area contributed by atoms with Gasteiger partial charge in [-0.05, 0) is 49.4 Å². The van der Waals surface area contributed by atoms with Crippen LogP contribution in [-0.4, -0.2) is 38.0 Å². The molecule has 0 saturated heterocycles. The summed E-state index contributed by atoms with van der Waals surface area (Å²) in [5.74, 6) is -2.01. The third kappa shape index (κ3) is 6.03. The highest BCUT2D eigenvalue weighted by atomic mass is 16.5. The fourth-order valence-corrected chi connectivity index (χ4v) is 2.32. The third-order valence-corrected chi connectivity index (χ3v) is 3.82. The van der Waals surface area contributed by atoms with Crippen LogP contribution >= 0.6 is 0 Å². The molecule has 0 aliphatic carbocycles. The lowest BCUT2D eigenvalue weighted by molar-refractivity contribution is -0.114. The van der Waals surface area contributed by atoms with Crippen LogP contribution in [0, 0.1) is 0 Å². The van der Waals surface area contributed by atoms with Gasteiger partial charge in [-0.3, -0.25) is 9.59 Å². The van der Waals surface area contributed by atoms with Crippen molar-refractivity contribution in [3.63, 3.8) is 0 Å². The second-order valence-electron chi connectivity index (χ2n) is 5.91. The summed E-state index contributed by atoms with van der Waals surface area (Å²) in [7, 11) is 2.55. The molecule has 0 spiro atoms. The van der Waals surface area contributed by atoms with Gasteiger partial charge in [-0.25, -0.2) is 9.59 Å². The van der Waals surface area contributed by atoms with Gasteiger partial charge in [0.1, 0.15) is 0 Å². The smallest absolute Gasteiger partial charge is 0.337 e. The van der Waals surface area contributed by atoms with E-state index in [2.05, 4.69) is 20.1 Å². The molecule has 150 valence electrons. The Hall–Kier alpha value is -3.94. The molecule has 0 heterocycles. The summed E-state index contributed by atoms with van der Waals surface area (Å²) in [5.41, 5.74) is 1.66. The van der Waals surface area contributed by atoms with Gasteiger partial charge in [0.25, 0.3) is 5.91 Å². The van der Waals surface area contributed by atoms with E-state index in [-0.39, 0.29) is 5.57 Å². The molecule has 8 nitrogen and oxygen atoms in total. The fourth-order valence-electron chi connectivity index (χ4n) is 2.32. The number of benzene rings is 2. The number of ether oxygens (including phenoxy) is 2. The van der Waals surface area contributed by atoms with Crippen LogP contribution in [0.15, 0.2) is 60.2 Å². The third-order valence-electron chi connectivity index (χ3n) is 3.82. The highest BCUT2D eigenvalue weighted by molar-refractivity contribution is 6.10. The lowest BCUT2D eigenvalue weighted by atomic mass is 10.2. The van der Waals surface area contributed by atoms with Crippen LogP contribution in [0.25, 0.3) is 0 Å². The summed E-state index contributed by atoms with van der Waals surface area (Å²) in [6.07, 6.45) is 1.14. The second-order valence-corrected chi connectivity index (χ2v) is 5.91. The number of hydrogen-bond acceptors (Lipinski definition) is 6. The van der Waals surface area contributed by atoms with E-state index in [1.165, 1.54) is 39.3 Å². The topological polar surface area (TPSA) is 111 Å². The van der Waals surface area contributed by atoms with Crippen molar-refractivity contribution >= 4 is 35.1 Å². The molecule has 2 N–H and O–H groups in total. The van der Waals surface area contributed by atoms with Crippen LogP contribution in [0.2, 0.25) is 0 Å². The number of amides is 2. The average Bonchev–Trinajstić information content (AvgIpc) is 2.73. The highest BCUT2D eigenvalue weighted by Gasteiger charge is 2.10. The maximum atomic E-state index is 12.2. The van der Waals surface area contributed by atoms with Gasteiger partial charge in [-0.1, -0.05) is 6.07 Å². The van der Waals surface area contributed by atoms with Gasteiger partial charge in [-0.15, -0.1) is 0 Å². The van der Waals surface area contributed by atoms with Crippen LogP contribution < -0.4 is 10.6 Å². The number of nitrogens with one attached hydrogen (secondary N) is 2. The first-order valence-corrected chi connectivity index (χ1v) is 8.51. The van der Waals surface area contributed by atoms with Crippen molar-refractivity contribution in [2.75, 3.05) is 24.9 Å². The predicted octanol–water partition coefficient (Wildman–Crippen LogP) is 2.78. The Morgan fingerprint density at radius 1 is 0.793 bits per heavy atom. The van der Waals surface area contributed by atoms with E-state index in [1.807, 2.05) is 0 Å². The zero-order valence-electron chi connectivity index (χ0n) is 16.1. The number of rotatable bonds is 6. The zero-order chi connectivity index (χ0) is 21.4. The van der Waals surface area contributed by atoms with E-state index in [4.69, 9.17) is 0 Å². The average molecular weight is 396 g/mol. The van der Waals surface area contributed by atoms with Crippen LogP contribution in [0.3, 0.4) is 0 Å². The van der Waals surface area contributed by atoms with Crippen molar-refractivity contribution in [3.8, 4) is 0 Å². The Bertz CT molecular complexity index is 963. The van der Waals surface area contributed by atoms with Gasteiger partial charge in [0.15, 0.2) is 0 Å². The predicted molar refractivity (Wildman–Crippen MR) is 107 cm³/mol. The summed E-state index contributed by atoms with van der Waals surface area (Å²) in [5, 5.41) is 5.21. The van der Waals surface area contributed by atoms with Gasteiger partial charge in [-0.2, -0.15) is 0 Å². The number of hydrogen-bond donors (Lipinski definition) is 2. The highest BCUT2D eigenvalue weighted by Crippen LogP contribution is 2.13. The molecular weight excluding hydrogens is 376 g/mol. The minimum absolute atomic E-state index is 0.170. The maximum absolute atomic E-state index is 12.2. The standard InChI is InChI=1S/C21H20N2O6/c1-13(19(25)23-16-9-7-14(8-10-16)20(26)28-2)11-18(24)22-17-6-4-5-15(12-17)21(27)29-3/h4-12H,1-3H3,(H,22,24)(H,23,25)/b13-11+. The molecule has 2 rings (SSSR count). The maximum Gasteiger partial charge on any atom is 0.337 e. The Balaban J connectivity index is 2.00. The van der Waals surface area contributed by atoms with E-state index in [9.17, 15) is 19.2 Å². The van der Waals surface area contributed by atoms with Crippen molar-refractivity contribution in [1.82, 2.24) is 0 Å². The quantitative estimate of drug-likeness (QED) is 0.574. The molecule has 29 heavy (non-hydrogen) atoms. The number of esters is 2. The molecule has 0 fully saturated rings. The molecule has 0 radical (unpaired) electrons. The first-order valence-electron chi connectivity index (χ1n) is 8.51. The summed E-state index contributed by atoms with van der Waals surface area (Å²) in [6, 6.07) is 12.4. The summed E-state index contributed by atoms with van der Waals surface area (Å²) in [4.78, 5) is 47.3. The normalized spacial score (nSPS) is 10.7. The molecule has 2 aromatic rings. The minimum Gasteiger partial charge on any atom is -0.465 e. The number of methoxy groups -OCH3 is 2. The molecule has 0 aliphatic rings. The van der Waals surface area contributed by atoms with Gasteiger partial charge in [0.05, 0.1) is 25.3 Å². The van der Waals surface area contributed by atoms with Crippen LogP contribution in [0.5, 0.6) is 0 Å². The Labute approximate surface area is 167 Å². The van der Waals surface area contributed by atoms with Crippen molar-refractivity contribution in [1.29, 1.82) is 0 Å². The summed E-state index contributed by atoms with van der Waals surface area (Å²) in [6.45, 7) is 1.49. The monoisotopic (exact) mass is 396 g/mol. The van der Waals surface area contributed by atoms with Crippen molar-refractivity contribution in [3.05, 3.63) is 71.3 Å². The lowest BCUT2D eigenvalue weighted by Crippen LogP contribution is -2.16. The largest absolute Gasteiger partial charge is 0.465 e. The molecular formula is C21H20N2O6. The van der Waals surface area contributed by atoms with Crippen molar-refractivity contribution in [2.24, 2.45) is 0 Å². The molecule has 2 aromatic carbocycles. The Kier molecular flexibility index (Phi) is 7.25. The van der Waals surface area contributed by atoms with Gasteiger partial charge in [0.2, 0.25) is 5.91 Å². The number of carbonyl (C=O) groups is 4. The van der Waals surface area contributed by atoms with Gasteiger partial charge >= 0.3 is 11.9 Å². The van der Waals surface area contributed by atoms with Crippen LogP contribution in [0.4, 0.5) is 11.4 Å². The molecule has 0 aromatic heterocycles. The van der Waals surface area contributed by atoms with Crippen LogP contribution in [-0.2, 0) is 19.1 Å². The molecule has 0 aliphatic heterocycles. The van der Waals surface area contributed by atoms with Gasteiger partial charge < -0.3 is 20.1 Å². The fraction of sp³-hybridized carbons (Fsp3) is 0.143. The SMILES string of the molecule is COC(=O)c1ccc(NC(=O)/C(C)=C/C(=O)Nc2cccc(C(=O)OC)c2)cc1. The number of anilines is 2. The van der Waals surface area contributed by atoms with E-state index < -0.39 is 23.8 Å². The van der Waals surface area contributed by atoms with E-state index in [1.54, 1.807) is 30.3 Å². The first kappa shape index (κ1) is 21.4. The molecule has 0 saturated carbocycles. The zero-order valence-corrected chi connectivity index (χ0v) is 16.1. The molecule has 0 atom stereocenters. The first-order chi connectivity index (χ1) is 13.8. The summed E-state index contributed by atoms with van der Waals surface area (Å²) < 4.78 is 9.24. The van der Waals surface area contributed by atoms with Crippen molar-refractivity contribution in [2.45, 2.75) is 6.92 Å². The molecule has 8 heteroatoms. The second kappa shape index (κ2) is 9.84. The molecule has 0 bridgehead atoms. The van der Waals surface area contributed by atoms with Gasteiger partial charge in [0, 0.05) is 23.0 Å². The molecule has 2 amide bonds. The van der Waals surface area contributed by atoms with E-state index in [0.29, 0.717) is 22.5 Å².